The molecule has 0 aliphatic carbocycles. The van der Waals surface area contributed by atoms with Crippen LogP contribution in [-0.4, -0.2) is 58.2 Å². The summed E-state index contributed by atoms with van der Waals surface area (Å²) < 4.78 is 15.9. The summed E-state index contributed by atoms with van der Waals surface area (Å²) in [7, 11) is 3.90. The summed E-state index contributed by atoms with van der Waals surface area (Å²) in [5, 5.41) is 17.8. The molecular weight excluding hydrogens is 307 g/mol. The Morgan fingerprint density at radius 3 is 2.92 bits per heavy atom. The van der Waals surface area contributed by atoms with Gasteiger partial charge in [0.2, 0.25) is 0 Å². The molecular formula is C17H25FN6. The average molecular weight is 332 g/mol. The fourth-order valence-electron chi connectivity index (χ4n) is 3.28. The molecule has 0 amide bonds. The molecule has 0 bridgehead atoms. The summed E-state index contributed by atoms with van der Waals surface area (Å²) in [6, 6.07) is 4.47. The number of likely N-dealkylation sites (N-methyl/N-ethyl adjacent to an activating group) is 1. The molecule has 0 spiro atoms. The number of nitriles is 2. The molecule has 3 atom stereocenters. The van der Waals surface area contributed by atoms with Gasteiger partial charge < -0.3 is 9.47 Å². The highest BCUT2D eigenvalue weighted by Crippen LogP contribution is 2.23. The molecule has 130 valence electrons. The van der Waals surface area contributed by atoms with Crippen LogP contribution >= 0.6 is 0 Å². The van der Waals surface area contributed by atoms with Gasteiger partial charge in [-0.15, -0.1) is 0 Å². The van der Waals surface area contributed by atoms with Crippen LogP contribution in [0.5, 0.6) is 0 Å². The predicted molar refractivity (Wildman–Crippen MR) is 88.4 cm³/mol. The van der Waals surface area contributed by atoms with E-state index < -0.39 is 6.17 Å². The van der Waals surface area contributed by atoms with E-state index in [0.29, 0.717) is 38.9 Å². The number of imidazole rings is 1. The standard InChI is InChI=1S/C17H25FN6/c1-22(10-14(9-20)4-3-5-19)12-16-8-15(18)11-24(16)13-17-21-6-7-23(17)2/h6-7,14-16H,3-4,8,10-13H2,1-2H3/t14-,15+,16+/m1/s1. The lowest BCUT2D eigenvalue weighted by molar-refractivity contribution is 0.172. The Kier molecular flexibility index (Phi) is 6.72. The lowest BCUT2D eigenvalue weighted by Crippen LogP contribution is -2.40. The van der Waals surface area contributed by atoms with Gasteiger partial charge in [0.1, 0.15) is 12.0 Å². The second-order valence-corrected chi connectivity index (χ2v) is 6.61. The number of aryl methyl sites for hydroxylation is 1. The van der Waals surface area contributed by atoms with Gasteiger partial charge in [0.25, 0.3) is 0 Å². The van der Waals surface area contributed by atoms with Crippen molar-refractivity contribution in [2.75, 3.05) is 26.7 Å². The number of rotatable bonds is 8. The van der Waals surface area contributed by atoms with Crippen molar-refractivity contribution in [2.45, 2.75) is 38.0 Å². The average Bonchev–Trinajstić information content (AvgIpc) is 3.10. The number of hydrogen-bond donors (Lipinski definition) is 0. The topological polar surface area (TPSA) is 71.9 Å². The molecule has 6 nitrogen and oxygen atoms in total. The van der Waals surface area contributed by atoms with Gasteiger partial charge in [-0.05, 0) is 19.9 Å². The van der Waals surface area contributed by atoms with E-state index in [4.69, 9.17) is 5.26 Å². The Morgan fingerprint density at radius 1 is 1.50 bits per heavy atom. The number of halogens is 1. The first-order valence-corrected chi connectivity index (χ1v) is 8.33. The molecule has 1 fully saturated rings. The van der Waals surface area contributed by atoms with E-state index in [-0.39, 0.29) is 12.0 Å². The van der Waals surface area contributed by atoms with E-state index in [0.717, 1.165) is 12.4 Å². The third kappa shape index (κ3) is 5.02. The van der Waals surface area contributed by atoms with Gasteiger partial charge in [-0.3, -0.25) is 4.90 Å². The summed E-state index contributed by atoms with van der Waals surface area (Å²) in [5.41, 5.74) is 0. The Labute approximate surface area is 143 Å². The fraction of sp³-hybridized carbons (Fsp3) is 0.706. The zero-order chi connectivity index (χ0) is 17.5. The van der Waals surface area contributed by atoms with Crippen LogP contribution in [0.1, 0.15) is 25.1 Å². The number of hydrogen-bond acceptors (Lipinski definition) is 5. The van der Waals surface area contributed by atoms with Crippen molar-refractivity contribution in [3.05, 3.63) is 18.2 Å². The lowest BCUT2D eigenvalue weighted by Gasteiger charge is -2.29. The van der Waals surface area contributed by atoms with Gasteiger partial charge in [0, 0.05) is 51.5 Å². The lowest BCUT2D eigenvalue weighted by atomic mass is 10.0. The summed E-state index contributed by atoms with van der Waals surface area (Å²) >= 11 is 0. The van der Waals surface area contributed by atoms with Crippen LogP contribution < -0.4 is 0 Å². The Hall–Kier alpha value is -1.96. The summed E-state index contributed by atoms with van der Waals surface area (Å²) in [6.07, 6.45) is 4.34. The van der Waals surface area contributed by atoms with Gasteiger partial charge in [0.05, 0.1) is 24.6 Å². The molecule has 1 aliphatic rings. The molecule has 2 rings (SSSR count). The SMILES string of the molecule is CN(C[C@@H](C#N)CCC#N)C[C@@H]1C[C@H](F)CN1Cc1nccn1C. The van der Waals surface area contributed by atoms with Crippen LogP contribution in [0, 0.1) is 28.6 Å². The van der Waals surface area contributed by atoms with Crippen molar-refractivity contribution in [1.82, 2.24) is 19.4 Å². The van der Waals surface area contributed by atoms with Gasteiger partial charge in [-0.2, -0.15) is 10.5 Å². The van der Waals surface area contributed by atoms with Crippen LogP contribution in [-0.2, 0) is 13.6 Å². The third-order valence-corrected chi connectivity index (χ3v) is 4.58. The first-order chi connectivity index (χ1) is 11.5. The maximum atomic E-state index is 13.9. The normalized spacial score (nSPS) is 22.4. The zero-order valence-electron chi connectivity index (χ0n) is 14.4. The zero-order valence-corrected chi connectivity index (χ0v) is 14.4. The quantitative estimate of drug-likeness (QED) is 0.725. The second kappa shape index (κ2) is 8.77. The van der Waals surface area contributed by atoms with Crippen molar-refractivity contribution < 1.29 is 4.39 Å². The molecule has 0 unspecified atom stereocenters. The van der Waals surface area contributed by atoms with E-state index in [1.54, 1.807) is 6.20 Å². The molecule has 1 saturated heterocycles. The third-order valence-electron chi connectivity index (χ3n) is 4.58. The Morgan fingerprint density at radius 2 is 2.29 bits per heavy atom. The monoisotopic (exact) mass is 332 g/mol. The minimum Gasteiger partial charge on any atom is -0.337 e. The van der Waals surface area contributed by atoms with Crippen molar-refractivity contribution in [3.63, 3.8) is 0 Å². The van der Waals surface area contributed by atoms with Crippen molar-refractivity contribution in [1.29, 1.82) is 10.5 Å². The van der Waals surface area contributed by atoms with Gasteiger partial charge >= 0.3 is 0 Å². The van der Waals surface area contributed by atoms with Crippen LogP contribution in [0.15, 0.2) is 12.4 Å². The van der Waals surface area contributed by atoms with Crippen molar-refractivity contribution in [2.24, 2.45) is 13.0 Å². The number of aromatic nitrogens is 2. The fourth-order valence-corrected chi connectivity index (χ4v) is 3.28. The largest absolute Gasteiger partial charge is 0.337 e. The molecule has 1 aromatic rings. The van der Waals surface area contributed by atoms with Crippen LogP contribution in [0.25, 0.3) is 0 Å². The minimum absolute atomic E-state index is 0.122. The van der Waals surface area contributed by atoms with E-state index in [1.165, 1.54) is 0 Å². The Balaban J connectivity index is 1.90. The molecule has 24 heavy (non-hydrogen) atoms. The highest BCUT2D eigenvalue weighted by atomic mass is 19.1. The molecule has 0 radical (unpaired) electrons. The van der Waals surface area contributed by atoms with Crippen LogP contribution in [0.3, 0.4) is 0 Å². The smallest absolute Gasteiger partial charge is 0.122 e. The molecule has 0 saturated carbocycles. The molecule has 2 heterocycles. The number of alkyl halides is 1. The molecule has 1 aromatic heterocycles. The minimum atomic E-state index is -0.811. The summed E-state index contributed by atoms with van der Waals surface area (Å²) in [5.74, 6) is 0.779. The second-order valence-electron chi connectivity index (χ2n) is 6.61. The van der Waals surface area contributed by atoms with Gasteiger partial charge in [0.15, 0.2) is 0 Å². The van der Waals surface area contributed by atoms with Crippen LogP contribution in [0.4, 0.5) is 4.39 Å². The van der Waals surface area contributed by atoms with Gasteiger partial charge in [-0.25, -0.2) is 9.37 Å². The highest BCUT2D eigenvalue weighted by Gasteiger charge is 2.33. The number of likely N-dealkylation sites (tertiary alicyclic amines) is 1. The first-order valence-electron chi connectivity index (χ1n) is 8.33. The van der Waals surface area contributed by atoms with Crippen molar-refractivity contribution in [3.8, 4) is 12.1 Å². The molecule has 0 aromatic carbocycles. The van der Waals surface area contributed by atoms with E-state index in [2.05, 4.69) is 26.9 Å². The summed E-state index contributed by atoms with van der Waals surface area (Å²) in [4.78, 5) is 8.55. The van der Waals surface area contributed by atoms with Gasteiger partial charge in [-0.1, -0.05) is 0 Å². The first kappa shape index (κ1) is 18.4. The molecule has 7 heteroatoms. The van der Waals surface area contributed by atoms with Crippen LogP contribution in [0.2, 0.25) is 0 Å². The maximum absolute atomic E-state index is 13.9. The summed E-state index contributed by atoms with van der Waals surface area (Å²) in [6.45, 7) is 2.40. The van der Waals surface area contributed by atoms with E-state index in [9.17, 15) is 9.65 Å². The Bertz CT molecular complexity index is 601. The van der Waals surface area contributed by atoms with E-state index in [1.807, 2.05) is 24.9 Å². The predicted octanol–water partition coefficient (Wildman–Crippen LogP) is 1.71. The van der Waals surface area contributed by atoms with Crippen molar-refractivity contribution >= 4 is 0 Å². The highest BCUT2D eigenvalue weighted by molar-refractivity contribution is 4.96. The molecule has 0 N–H and O–H groups in total. The van der Waals surface area contributed by atoms with E-state index >= 15 is 0 Å². The maximum Gasteiger partial charge on any atom is 0.122 e. The molecule has 1 aliphatic heterocycles. The number of nitrogens with zero attached hydrogens (tertiary/aromatic N) is 6.